The van der Waals surface area contributed by atoms with Gasteiger partial charge in [0.25, 0.3) is 0 Å². The SMILES string of the molecule is CCCOC(=O)C1=C(C)NC2=C(C(=O)C[C@H](c3ccc(OC)cc3)C2)[C@H]1c1ccncc1. The molecule has 0 amide bonds. The van der Waals surface area contributed by atoms with Crippen LogP contribution >= 0.6 is 0 Å². The number of allylic oxidation sites excluding steroid dienone is 3. The van der Waals surface area contributed by atoms with Crippen molar-refractivity contribution in [2.24, 2.45) is 0 Å². The van der Waals surface area contributed by atoms with Crippen LogP contribution in [0.4, 0.5) is 0 Å². The van der Waals surface area contributed by atoms with Crippen LogP contribution in [0.2, 0.25) is 0 Å². The fourth-order valence-corrected chi connectivity index (χ4v) is 4.58. The van der Waals surface area contributed by atoms with E-state index >= 15 is 0 Å². The summed E-state index contributed by atoms with van der Waals surface area (Å²) in [6, 6.07) is 11.6. The van der Waals surface area contributed by atoms with Gasteiger partial charge in [0.15, 0.2) is 5.78 Å². The molecule has 6 nitrogen and oxygen atoms in total. The maximum Gasteiger partial charge on any atom is 0.336 e. The lowest BCUT2D eigenvalue weighted by atomic mass is 9.72. The van der Waals surface area contributed by atoms with Gasteiger partial charge in [-0.1, -0.05) is 19.1 Å². The molecule has 0 spiro atoms. The average molecular weight is 433 g/mol. The molecule has 2 aliphatic rings. The third kappa shape index (κ3) is 4.17. The first-order chi connectivity index (χ1) is 15.5. The van der Waals surface area contributed by atoms with Crippen LogP contribution in [0.25, 0.3) is 0 Å². The molecule has 1 aliphatic heterocycles. The van der Waals surface area contributed by atoms with E-state index in [1.807, 2.05) is 50.2 Å². The number of rotatable bonds is 6. The van der Waals surface area contributed by atoms with E-state index in [4.69, 9.17) is 9.47 Å². The van der Waals surface area contributed by atoms with E-state index in [9.17, 15) is 9.59 Å². The molecule has 0 unspecified atom stereocenters. The molecular formula is C26H28N2O4. The molecular weight excluding hydrogens is 404 g/mol. The normalized spacial score (nSPS) is 20.5. The summed E-state index contributed by atoms with van der Waals surface area (Å²) in [5.74, 6) is 0.0744. The Morgan fingerprint density at radius 3 is 2.47 bits per heavy atom. The molecule has 4 rings (SSSR count). The highest BCUT2D eigenvalue weighted by atomic mass is 16.5. The Labute approximate surface area is 188 Å². The van der Waals surface area contributed by atoms with Gasteiger partial charge in [-0.15, -0.1) is 0 Å². The summed E-state index contributed by atoms with van der Waals surface area (Å²) in [6.07, 6.45) is 5.21. The lowest BCUT2D eigenvalue weighted by molar-refractivity contribution is -0.139. The number of methoxy groups -OCH3 is 1. The fourth-order valence-electron chi connectivity index (χ4n) is 4.58. The van der Waals surface area contributed by atoms with Crippen molar-refractivity contribution in [1.82, 2.24) is 10.3 Å². The molecule has 6 heteroatoms. The predicted molar refractivity (Wildman–Crippen MR) is 121 cm³/mol. The fraction of sp³-hybridized carbons (Fsp3) is 0.346. The topological polar surface area (TPSA) is 77.5 Å². The molecule has 0 bridgehead atoms. The van der Waals surface area contributed by atoms with E-state index in [1.165, 1.54) is 0 Å². The summed E-state index contributed by atoms with van der Waals surface area (Å²) >= 11 is 0. The Balaban J connectivity index is 1.73. The minimum absolute atomic E-state index is 0.0506. The van der Waals surface area contributed by atoms with Crippen LogP contribution in [0.3, 0.4) is 0 Å². The summed E-state index contributed by atoms with van der Waals surface area (Å²) in [4.78, 5) is 30.6. The number of nitrogens with zero attached hydrogens (tertiary/aromatic N) is 1. The number of dihydropyridines is 1. The van der Waals surface area contributed by atoms with E-state index in [2.05, 4.69) is 10.3 Å². The highest BCUT2D eigenvalue weighted by Crippen LogP contribution is 2.45. The average Bonchev–Trinajstić information content (AvgIpc) is 2.82. The first kappa shape index (κ1) is 21.8. The van der Waals surface area contributed by atoms with E-state index in [0.717, 1.165) is 34.7 Å². The third-order valence-corrected chi connectivity index (χ3v) is 6.11. The van der Waals surface area contributed by atoms with Gasteiger partial charge in [-0.05, 0) is 61.1 Å². The number of ether oxygens (including phenoxy) is 2. The van der Waals surface area contributed by atoms with E-state index in [1.54, 1.807) is 19.5 Å². The maximum atomic E-state index is 13.5. The second kappa shape index (κ2) is 9.39. The van der Waals surface area contributed by atoms with Crippen LogP contribution in [0.5, 0.6) is 5.75 Å². The quantitative estimate of drug-likeness (QED) is 0.682. The van der Waals surface area contributed by atoms with Crippen LogP contribution < -0.4 is 10.1 Å². The number of esters is 1. The molecule has 2 aromatic rings. The number of Topliss-reactive ketones (excluding diaryl/α,β-unsaturated/α-hetero) is 1. The Morgan fingerprint density at radius 1 is 1.09 bits per heavy atom. The summed E-state index contributed by atoms with van der Waals surface area (Å²) < 4.78 is 10.7. The number of pyridine rings is 1. The molecule has 1 N–H and O–H groups in total. The molecule has 32 heavy (non-hydrogen) atoms. The number of carbonyl (C=O) groups is 2. The maximum absolute atomic E-state index is 13.5. The minimum Gasteiger partial charge on any atom is -0.497 e. The van der Waals surface area contributed by atoms with Gasteiger partial charge < -0.3 is 14.8 Å². The zero-order valence-corrected chi connectivity index (χ0v) is 18.7. The second-order valence-electron chi connectivity index (χ2n) is 8.21. The predicted octanol–water partition coefficient (Wildman–Crippen LogP) is 4.41. The standard InChI is InChI=1S/C26H28N2O4/c1-4-13-32-26(30)23-16(2)28-21-14-19(17-5-7-20(31-3)8-6-17)15-22(29)25(21)24(23)18-9-11-27-12-10-18/h5-12,19,24,28H,4,13-15H2,1-3H3/t19-,24+/m1/s1. The molecule has 166 valence electrons. The molecule has 0 radical (unpaired) electrons. The van der Waals surface area contributed by atoms with Crippen LogP contribution in [0.1, 0.15) is 56.1 Å². The molecule has 0 saturated carbocycles. The molecule has 0 fully saturated rings. The van der Waals surface area contributed by atoms with E-state index in [-0.39, 0.29) is 17.7 Å². The summed E-state index contributed by atoms with van der Waals surface area (Å²) in [5, 5.41) is 3.38. The Hall–Kier alpha value is -3.41. The monoisotopic (exact) mass is 432 g/mol. The number of benzene rings is 1. The number of carbonyl (C=O) groups excluding carboxylic acids is 2. The van der Waals surface area contributed by atoms with Crippen molar-refractivity contribution in [2.45, 2.75) is 44.9 Å². The van der Waals surface area contributed by atoms with Crippen LogP contribution in [-0.4, -0.2) is 30.5 Å². The van der Waals surface area contributed by atoms with Crippen molar-refractivity contribution < 1.29 is 19.1 Å². The number of ketones is 1. The van der Waals surface area contributed by atoms with E-state index in [0.29, 0.717) is 30.6 Å². The zero-order chi connectivity index (χ0) is 22.7. The van der Waals surface area contributed by atoms with Gasteiger partial charge in [-0.25, -0.2) is 4.79 Å². The Kier molecular flexibility index (Phi) is 6.40. The minimum atomic E-state index is -0.456. The third-order valence-electron chi connectivity index (χ3n) is 6.11. The lowest BCUT2D eigenvalue weighted by Gasteiger charge is -2.36. The number of hydrogen-bond acceptors (Lipinski definition) is 6. The van der Waals surface area contributed by atoms with Crippen molar-refractivity contribution >= 4 is 11.8 Å². The summed E-state index contributed by atoms with van der Waals surface area (Å²) in [5.41, 5.74) is 4.74. The number of aromatic nitrogens is 1. The van der Waals surface area contributed by atoms with Crippen molar-refractivity contribution in [1.29, 1.82) is 0 Å². The first-order valence-corrected chi connectivity index (χ1v) is 11.0. The van der Waals surface area contributed by atoms with Crippen molar-refractivity contribution in [2.75, 3.05) is 13.7 Å². The van der Waals surface area contributed by atoms with Crippen LogP contribution in [0, 0.1) is 0 Å². The van der Waals surface area contributed by atoms with Gasteiger partial charge in [-0.3, -0.25) is 9.78 Å². The van der Waals surface area contributed by atoms with Crippen molar-refractivity contribution in [3.05, 3.63) is 82.5 Å². The van der Waals surface area contributed by atoms with Gasteiger partial charge in [0.05, 0.1) is 19.3 Å². The number of nitrogens with one attached hydrogen (secondary N) is 1. The number of hydrogen-bond donors (Lipinski definition) is 1. The second-order valence-corrected chi connectivity index (χ2v) is 8.21. The summed E-state index contributed by atoms with van der Waals surface area (Å²) in [7, 11) is 1.64. The largest absolute Gasteiger partial charge is 0.497 e. The molecule has 2 atom stereocenters. The van der Waals surface area contributed by atoms with Crippen LogP contribution in [-0.2, 0) is 14.3 Å². The van der Waals surface area contributed by atoms with Crippen molar-refractivity contribution in [3.63, 3.8) is 0 Å². The van der Waals surface area contributed by atoms with Crippen molar-refractivity contribution in [3.8, 4) is 5.75 Å². The molecule has 2 heterocycles. The van der Waals surface area contributed by atoms with Gasteiger partial charge >= 0.3 is 5.97 Å². The molecule has 0 saturated heterocycles. The first-order valence-electron chi connectivity index (χ1n) is 11.0. The van der Waals surface area contributed by atoms with Gasteiger partial charge in [0, 0.05) is 41.7 Å². The lowest BCUT2D eigenvalue weighted by Crippen LogP contribution is -2.36. The van der Waals surface area contributed by atoms with Gasteiger partial charge in [0.1, 0.15) is 5.75 Å². The Morgan fingerprint density at radius 2 is 1.81 bits per heavy atom. The zero-order valence-electron chi connectivity index (χ0n) is 18.7. The van der Waals surface area contributed by atoms with Gasteiger partial charge in [-0.2, -0.15) is 0 Å². The highest BCUT2D eigenvalue weighted by Gasteiger charge is 2.41. The van der Waals surface area contributed by atoms with Gasteiger partial charge in [0.2, 0.25) is 0 Å². The molecule has 1 aromatic heterocycles. The van der Waals surface area contributed by atoms with Crippen LogP contribution in [0.15, 0.2) is 71.3 Å². The summed E-state index contributed by atoms with van der Waals surface area (Å²) in [6.45, 7) is 4.18. The smallest absolute Gasteiger partial charge is 0.336 e. The Bertz CT molecular complexity index is 1070. The molecule has 1 aromatic carbocycles. The highest BCUT2D eigenvalue weighted by molar-refractivity contribution is 6.04. The van der Waals surface area contributed by atoms with E-state index < -0.39 is 5.92 Å². The molecule has 1 aliphatic carbocycles.